The Morgan fingerprint density at radius 3 is 1.60 bits per heavy atom. The molecule has 0 aliphatic carbocycles. The van der Waals surface area contributed by atoms with Crippen molar-refractivity contribution in [1.29, 1.82) is 0 Å². The second kappa shape index (κ2) is 10.0. The summed E-state index contributed by atoms with van der Waals surface area (Å²) in [5.41, 5.74) is 5.64. The van der Waals surface area contributed by atoms with Gasteiger partial charge in [-0.3, -0.25) is 0 Å². The minimum Gasteiger partial charge on any atom is -0.247 e. The molecule has 0 aliphatic heterocycles. The predicted octanol–water partition coefficient (Wildman–Crippen LogP) is 9.39. The minimum absolute atomic E-state index is 0.613. The molecule has 2 heterocycles. The topological polar surface area (TPSA) is 51.6 Å². The molecule has 0 saturated carbocycles. The Balaban J connectivity index is 1.43. The van der Waals surface area contributed by atoms with Gasteiger partial charge in [0.25, 0.3) is 0 Å². The summed E-state index contributed by atoms with van der Waals surface area (Å²) in [6.45, 7) is 0. The van der Waals surface area contributed by atoms with Crippen LogP contribution in [0.25, 0.3) is 77.9 Å². The van der Waals surface area contributed by atoms with Gasteiger partial charge in [0.1, 0.15) is 0 Å². The van der Waals surface area contributed by atoms with Crippen molar-refractivity contribution in [2.45, 2.75) is 0 Å². The van der Waals surface area contributed by atoms with Gasteiger partial charge in [-0.25, -0.2) is 19.9 Å². The van der Waals surface area contributed by atoms with Gasteiger partial charge in [0, 0.05) is 38.4 Å². The second-order valence-electron chi connectivity index (χ2n) is 10.3. The molecule has 4 heteroatoms. The largest absolute Gasteiger partial charge is 0.247 e. The Bertz CT molecular complexity index is 2170. The van der Waals surface area contributed by atoms with Crippen molar-refractivity contribution < 1.29 is 0 Å². The maximum absolute atomic E-state index is 5.26. The van der Waals surface area contributed by atoms with Crippen molar-refractivity contribution in [2.75, 3.05) is 0 Å². The van der Waals surface area contributed by atoms with Gasteiger partial charge >= 0.3 is 0 Å². The molecule has 0 bridgehead atoms. The zero-order valence-electron chi connectivity index (χ0n) is 22.6. The van der Waals surface area contributed by atoms with Gasteiger partial charge in [-0.05, 0) is 16.8 Å². The second-order valence-corrected chi connectivity index (χ2v) is 10.3. The first-order valence-electron chi connectivity index (χ1n) is 14.0. The van der Waals surface area contributed by atoms with Crippen LogP contribution in [0.3, 0.4) is 0 Å². The van der Waals surface area contributed by atoms with E-state index in [9.17, 15) is 0 Å². The summed E-state index contributed by atoms with van der Waals surface area (Å²) in [6, 6.07) is 49.7. The van der Waals surface area contributed by atoms with Gasteiger partial charge in [-0.2, -0.15) is 0 Å². The highest BCUT2D eigenvalue weighted by molar-refractivity contribution is 6.22. The van der Waals surface area contributed by atoms with Crippen LogP contribution >= 0.6 is 0 Å². The number of rotatable bonds is 4. The highest BCUT2D eigenvalue weighted by Gasteiger charge is 2.19. The van der Waals surface area contributed by atoms with E-state index in [2.05, 4.69) is 72.8 Å². The van der Waals surface area contributed by atoms with E-state index in [4.69, 9.17) is 19.9 Å². The van der Waals surface area contributed by atoms with Crippen LogP contribution in [-0.2, 0) is 0 Å². The summed E-state index contributed by atoms with van der Waals surface area (Å²) in [5, 5.41) is 5.86. The van der Waals surface area contributed by atoms with E-state index >= 15 is 0 Å². The Kier molecular flexibility index (Phi) is 5.75. The van der Waals surface area contributed by atoms with Crippen LogP contribution in [0.5, 0.6) is 0 Å². The molecule has 8 aromatic rings. The van der Waals surface area contributed by atoms with Crippen molar-refractivity contribution in [3.8, 4) is 45.4 Å². The molecule has 6 aromatic carbocycles. The molecule has 196 valence electrons. The summed E-state index contributed by atoms with van der Waals surface area (Å²) in [4.78, 5) is 20.2. The van der Waals surface area contributed by atoms with Crippen LogP contribution in [0, 0.1) is 0 Å². The van der Waals surface area contributed by atoms with Crippen LogP contribution < -0.4 is 0 Å². The number of hydrogen-bond donors (Lipinski definition) is 0. The van der Waals surface area contributed by atoms with Gasteiger partial charge in [0.2, 0.25) is 0 Å². The summed E-state index contributed by atoms with van der Waals surface area (Å²) in [6.07, 6.45) is 0. The lowest BCUT2D eigenvalue weighted by Gasteiger charge is -2.15. The smallest absolute Gasteiger partial charge is 0.164 e. The van der Waals surface area contributed by atoms with E-state index in [0.717, 1.165) is 44.2 Å². The standard InChI is InChI=1S/C38H24N4/c1-3-14-26(15-4-1)36-40-37(27-16-5-2-6-17-27)42-38(41-36)30-20-10-9-19-29(30)35-32-24-23-25-13-7-8-18-28(25)34(32)31-21-11-12-22-33(31)39-35/h1-24H. The Morgan fingerprint density at radius 1 is 0.333 bits per heavy atom. The van der Waals surface area contributed by atoms with Gasteiger partial charge in [0.05, 0.1) is 11.2 Å². The SMILES string of the molecule is c1ccc(-c2nc(-c3ccccc3)nc(-c3ccccc3-c3nc4ccccc4c4c3ccc3ccccc34)n2)cc1. The third-order valence-corrected chi connectivity index (χ3v) is 7.71. The molecule has 0 atom stereocenters. The fraction of sp³-hybridized carbons (Fsp3) is 0. The molecule has 0 radical (unpaired) electrons. The molecule has 2 aromatic heterocycles. The maximum atomic E-state index is 5.26. The van der Waals surface area contributed by atoms with E-state index in [0.29, 0.717) is 17.5 Å². The van der Waals surface area contributed by atoms with Crippen molar-refractivity contribution in [3.63, 3.8) is 0 Å². The van der Waals surface area contributed by atoms with Crippen LogP contribution in [-0.4, -0.2) is 19.9 Å². The first kappa shape index (κ1) is 24.1. The summed E-state index contributed by atoms with van der Waals surface area (Å²) in [7, 11) is 0. The Morgan fingerprint density at radius 2 is 0.881 bits per heavy atom. The molecule has 0 unspecified atom stereocenters. The van der Waals surface area contributed by atoms with Gasteiger partial charge in [-0.1, -0.05) is 140 Å². The minimum atomic E-state index is 0.613. The lowest BCUT2D eigenvalue weighted by Crippen LogP contribution is -2.01. The highest BCUT2D eigenvalue weighted by Crippen LogP contribution is 2.40. The number of nitrogens with zero attached hydrogens (tertiary/aromatic N) is 4. The normalized spacial score (nSPS) is 11.3. The van der Waals surface area contributed by atoms with E-state index in [1.54, 1.807) is 0 Å². The van der Waals surface area contributed by atoms with E-state index in [-0.39, 0.29) is 0 Å². The highest BCUT2D eigenvalue weighted by atomic mass is 15.0. The maximum Gasteiger partial charge on any atom is 0.164 e. The first-order valence-corrected chi connectivity index (χ1v) is 14.0. The summed E-state index contributed by atoms with van der Waals surface area (Å²) in [5.74, 6) is 1.88. The molecule has 0 N–H and O–H groups in total. The van der Waals surface area contributed by atoms with Crippen LogP contribution in [0.2, 0.25) is 0 Å². The van der Waals surface area contributed by atoms with Crippen molar-refractivity contribution in [3.05, 3.63) is 146 Å². The summed E-state index contributed by atoms with van der Waals surface area (Å²) < 4.78 is 0. The van der Waals surface area contributed by atoms with Crippen molar-refractivity contribution >= 4 is 32.4 Å². The van der Waals surface area contributed by atoms with Gasteiger partial charge in [-0.15, -0.1) is 0 Å². The van der Waals surface area contributed by atoms with Crippen LogP contribution in [0.15, 0.2) is 146 Å². The van der Waals surface area contributed by atoms with Gasteiger partial charge in [0.15, 0.2) is 17.5 Å². The Labute approximate surface area is 243 Å². The number of fused-ring (bicyclic) bond motifs is 5. The fourth-order valence-electron chi connectivity index (χ4n) is 5.74. The predicted molar refractivity (Wildman–Crippen MR) is 172 cm³/mol. The molecule has 42 heavy (non-hydrogen) atoms. The molecule has 0 aliphatic rings. The van der Waals surface area contributed by atoms with Crippen LogP contribution in [0.4, 0.5) is 0 Å². The average Bonchev–Trinajstić information content (AvgIpc) is 3.08. The lowest BCUT2D eigenvalue weighted by molar-refractivity contribution is 1.07. The number of pyridine rings is 1. The third kappa shape index (κ3) is 4.09. The number of aromatic nitrogens is 4. The zero-order valence-corrected chi connectivity index (χ0v) is 22.6. The van der Waals surface area contributed by atoms with Gasteiger partial charge < -0.3 is 0 Å². The summed E-state index contributed by atoms with van der Waals surface area (Å²) >= 11 is 0. The number of benzene rings is 6. The van der Waals surface area contributed by atoms with E-state index in [1.165, 1.54) is 16.2 Å². The molecule has 0 fully saturated rings. The molecule has 4 nitrogen and oxygen atoms in total. The fourth-order valence-corrected chi connectivity index (χ4v) is 5.74. The quantitative estimate of drug-likeness (QED) is 0.210. The lowest BCUT2D eigenvalue weighted by atomic mass is 9.93. The number of para-hydroxylation sites is 1. The molecule has 0 saturated heterocycles. The van der Waals surface area contributed by atoms with Crippen molar-refractivity contribution in [2.24, 2.45) is 0 Å². The van der Waals surface area contributed by atoms with Crippen molar-refractivity contribution in [1.82, 2.24) is 19.9 Å². The molecular formula is C38H24N4. The molecular weight excluding hydrogens is 512 g/mol. The Hall–Kier alpha value is -5.74. The zero-order chi connectivity index (χ0) is 27.9. The molecule has 8 rings (SSSR count). The van der Waals surface area contributed by atoms with Crippen LogP contribution in [0.1, 0.15) is 0 Å². The molecule has 0 amide bonds. The average molecular weight is 537 g/mol. The van der Waals surface area contributed by atoms with E-state index in [1.807, 2.05) is 72.8 Å². The number of hydrogen-bond acceptors (Lipinski definition) is 4. The first-order chi connectivity index (χ1) is 20.8. The van der Waals surface area contributed by atoms with E-state index < -0.39 is 0 Å². The third-order valence-electron chi connectivity index (χ3n) is 7.71. The molecule has 0 spiro atoms. The monoisotopic (exact) mass is 536 g/mol.